The monoisotopic (exact) mass is 225 g/mol. The predicted octanol–water partition coefficient (Wildman–Crippen LogP) is 3.12. The number of rotatable bonds is 3. The normalized spacial score (nSPS) is 19.1. The van der Waals surface area contributed by atoms with E-state index in [0.717, 1.165) is 11.7 Å². The summed E-state index contributed by atoms with van der Waals surface area (Å²) in [5.41, 5.74) is 0. The van der Waals surface area contributed by atoms with E-state index >= 15 is 0 Å². The van der Waals surface area contributed by atoms with Gasteiger partial charge < -0.3 is 5.32 Å². The third-order valence-electron chi connectivity index (χ3n) is 3.12. The van der Waals surface area contributed by atoms with Crippen LogP contribution in [0, 0.1) is 5.92 Å². The van der Waals surface area contributed by atoms with Crippen molar-refractivity contribution in [1.29, 1.82) is 0 Å². The summed E-state index contributed by atoms with van der Waals surface area (Å²) in [5.74, 6) is 1.60. The average molecular weight is 226 g/mol. The summed E-state index contributed by atoms with van der Waals surface area (Å²) in [6.45, 7) is 2.21. The van der Waals surface area contributed by atoms with E-state index in [4.69, 9.17) is 11.6 Å². The highest BCUT2D eigenvalue weighted by atomic mass is 35.5. The molecule has 1 aliphatic rings. The van der Waals surface area contributed by atoms with Crippen LogP contribution in [0.3, 0.4) is 0 Å². The zero-order valence-corrected chi connectivity index (χ0v) is 9.67. The molecule has 0 saturated heterocycles. The van der Waals surface area contributed by atoms with Gasteiger partial charge in [-0.1, -0.05) is 24.4 Å². The molecule has 1 unspecified atom stereocenters. The lowest BCUT2D eigenvalue weighted by Gasteiger charge is -2.20. The van der Waals surface area contributed by atoms with Crippen LogP contribution in [0.2, 0.25) is 5.15 Å². The van der Waals surface area contributed by atoms with Gasteiger partial charge in [-0.2, -0.15) is 0 Å². The zero-order valence-electron chi connectivity index (χ0n) is 8.91. The SMILES string of the molecule is CC(Nc1cc(Cl)ncn1)C1CCCC1. The minimum Gasteiger partial charge on any atom is -0.367 e. The van der Waals surface area contributed by atoms with E-state index in [1.807, 2.05) is 0 Å². The van der Waals surface area contributed by atoms with Crippen molar-refractivity contribution in [2.75, 3.05) is 5.32 Å². The van der Waals surface area contributed by atoms with Gasteiger partial charge in [0.25, 0.3) is 0 Å². The number of halogens is 1. The average Bonchev–Trinajstić information content (AvgIpc) is 2.70. The molecule has 1 aromatic heterocycles. The molecule has 1 N–H and O–H groups in total. The van der Waals surface area contributed by atoms with E-state index in [1.54, 1.807) is 6.07 Å². The Kier molecular flexibility index (Phi) is 3.41. The van der Waals surface area contributed by atoms with Gasteiger partial charge in [0.05, 0.1) is 0 Å². The fourth-order valence-electron chi connectivity index (χ4n) is 2.22. The molecular weight excluding hydrogens is 210 g/mol. The van der Waals surface area contributed by atoms with Crippen molar-refractivity contribution < 1.29 is 0 Å². The topological polar surface area (TPSA) is 37.8 Å². The maximum atomic E-state index is 5.80. The molecule has 0 bridgehead atoms. The van der Waals surface area contributed by atoms with E-state index in [-0.39, 0.29) is 0 Å². The first kappa shape index (κ1) is 10.7. The molecule has 15 heavy (non-hydrogen) atoms. The summed E-state index contributed by atoms with van der Waals surface area (Å²) in [6, 6.07) is 2.24. The fourth-order valence-corrected chi connectivity index (χ4v) is 2.37. The third kappa shape index (κ3) is 2.81. The van der Waals surface area contributed by atoms with Gasteiger partial charge in [0, 0.05) is 12.1 Å². The van der Waals surface area contributed by atoms with Crippen LogP contribution in [0.25, 0.3) is 0 Å². The second-order valence-corrected chi connectivity index (χ2v) is 4.59. The maximum Gasteiger partial charge on any atom is 0.134 e. The van der Waals surface area contributed by atoms with Crippen LogP contribution in [0.4, 0.5) is 5.82 Å². The molecule has 0 amide bonds. The van der Waals surface area contributed by atoms with Gasteiger partial charge >= 0.3 is 0 Å². The summed E-state index contributed by atoms with van der Waals surface area (Å²) in [5, 5.41) is 3.88. The minimum absolute atomic E-state index is 0.471. The van der Waals surface area contributed by atoms with Crippen LogP contribution in [0.1, 0.15) is 32.6 Å². The zero-order chi connectivity index (χ0) is 10.7. The lowest BCUT2D eigenvalue weighted by atomic mass is 10.00. The second kappa shape index (κ2) is 4.79. The first-order valence-corrected chi connectivity index (χ1v) is 5.87. The van der Waals surface area contributed by atoms with Crippen molar-refractivity contribution in [3.63, 3.8) is 0 Å². The van der Waals surface area contributed by atoms with E-state index in [9.17, 15) is 0 Å². The molecule has 0 aromatic carbocycles. The Morgan fingerprint density at radius 3 is 2.80 bits per heavy atom. The molecular formula is C11H16ClN3. The molecule has 0 spiro atoms. The Labute approximate surface area is 95.3 Å². The number of nitrogens with one attached hydrogen (secondary N) is 1. The number of anilines is 1. The van der Waals surface area contributed by atoms with Gasteiger partial charge in [0.15, 0.2) is 0 Å². The second-order valence-electron chi connectivity index (χ2n) is 4.20. The molecule has 3 nitrogen and oxygen atoms in total. The molecule has 1 aliphatic carbocycles. The maximum absolute atomic E-state index is 5.80. The summed E-state index contributed by atoms with van der Waals surface area (Å²) < 4.78 is 0. The van der Waals surface area contributed by atoms with Crippen LogP contribution in [-0.2, 0) is 0 Å². The highest BCUT2D eigenvalue weighted by Gasteiger charge is 2.21. The van der Waals surface area contributed by atoms with Gasteiger partial charge in [-0.05, 0) is 25.7 Å². The number of aromatic nitrogens is 2. The van der Waals surface area contributed by atoms with Gasteiger partial charge in [-0.25, -0.2) is 9.97 Å². The van der Waals surface area contributed by atoms with Crippen molar-refractivity contribution in [1.82, 2.24) is 9.97 Å². The summed E-state index contributed by atoms with van der Waals surface area (Å²) >= 11 is 5.80. The molecule has 1 aromatic rings. The quantitative estimate of drug-likeness (QED) is 0.804. The van der Waals surface area contributed by atoms with Gasteiger partial charge in [0.1, 0.15) is 17.3 Å². The van der Waals surface area contributed by atoms with E-state index in [1.165, 1.54) is 32.0 Å². The largest absolute Gasteiger partial charge is 0.367 e. The molecule has 4 heteroatoms. The van der Waals surface area contributed by atoms with E-state index in [0.29, 0.717) is 11.2 Å². The van der Waals surface area contributed by atoms with Crippen LogP contribution >= 0.6 is 11.6 Å². The number of hydrogen-bond donors (Lipinski definition) is 1. The minimum atomic E-state index is 0.471. The first-order valence-electron chi connectivity index (χ1n) is 5.50. The van der Waals surface area contributed by atoms with Crippen molar-refractivity contribution in [2.45, 2.75) is 38.6 Å². The molecule has 1 heterocycles. The highest BCUT2D eigenvalue weighted by Crippen LogP contribution is 2.28. The van der Waals surface area contributed by atoms with E-state index in [2.05, 4.69) is 22.2 Å². The number of nitrogens with zero attached hydrogens (tertiary/aromatic N) is 2. The van der Waals surface area contributed by atoms with Crippen LogP contribution in [0.5, 0.6) is 0 Å². The van der Waals surface area contributed by atoms with Gasteiger partial charge in [-0.15, -0.1) is 0 Å². The molecule has 1 fully saturated rings. The lowest BCUT2D eigenvalue weighted by molar-refractivity contribution is 0.481. The van der Waals surface area contributed by atoms with Crippen molar-refractivity contribution in [3.05, 3.63) is 17.5 Å². The van der Waals surface area contributed by atoms with Gasteiger partial charge in [0.2, 0.25) is 0 Å². The summed E-state index contributed by atoms with van der Waals surface area (Å²) in [4.78, 5) is 8.00. The standard InChI is InChI=1S/C11H16ClN3/c1-8(9-4-2-3-5-9)15-11-6-10(12)13-7-14-11/h6-9H,2-5H2,1H3,(H,13,14,15). The lowest BCUT2D eigenvalue weighted by Crippen LogP contribution is -2.24. The van der Waals surface area contributed by atoms with Crippen LogP contribution in [-0.4, -0.2) is 16.0 Å². The van der Waals surface area contributed by atoms with Crippen molar-refractivity contribution in [2.24, 2.45) is 5.92 Å². The Balaban J connectivity index is 1.95. The molecule has 2 rings (SSSR count). The summed E-state index contributed by atoms with van der Waals surface area (Å²) in [6.07, 6.45) is 6.87. The molecule has 0 radical (unpaired) electrons. The van der Waals surface area contributed by atoms with Crippen LogP contribution in [0.15, 0.2) is 12.4 Å². The smallest absolute Gasteiger partial charge is 0.134 e. The summed E-state index contributed by atoms with van der Waals surface area (Å²) in [7, 11) is 0. The Bertz CT molecular complexity index is 323. The number of hydrogen-bond acceptors (Lipinski definition) is 3. The van der Waals surface area contributed by atoms with E-state index < -0.39 is 0 Å². The molecule has 82 valence electrons. The Hall–Kier alpha value is -0.830. The molecule has 1 saturated carbocycles. The molecule has 0 aliphatic heterocycles. The highest BCUT2D eigenvalue weighted by molar-refractivity contribution is 6.29. The fraction of sp³-hybridized carbons (Fsp3) is 0.636. The van der Waals surface area contributed by atoms with Gasteiger partial charge in [-0.3, -0.25) is 0 Å². The first-order chi connectivity index (χ1) is 7.25. The van der Waals surface area contributed by atoms with Crippen molar-refractivity contribution >= 4 is 17.4 Å². The van der Waals surface area contributed by atoms with Crippen LogP contribution < -0.4 is 5.32 Å². The predicted molar refractivity (Wildman–Crippen MR) is 62.1 cm³/mol. The van der Waals surface area contributed by atoms with Crippen molar-refractivity contribution in [3.8, 4) is 0 Å². The molecule has 1 atom stereocenters. The Morgan fingerprint density at radius 1 is 1.40 bits per heavy atom. The third-order valence-corrected chi connectivity index (χ3v) is 3.32. The Morgan fingerprint density at radius 2 is 2.13 bits per heavy atom.